The summed E-state index contributed by atoms with van der Waals surface area (Å²) >= 11 is 6.12. The second-order valence-electron chi connectivity index (χ2n) is 5.14. The average Bonchev–Trinajstić information content (AvgIpc) is 2.48. The molecule has 0 unspecified atom stereocenters. The Morgan fingerprint density at radius 3 is 2.86 bits per heavy atom. The first-order valence-electron chi connectivity index (χ1n) is 6.70. The number of carbonyl (C=O) groups is 1. The van der Waals surface area contributed by atoms with Crippen molar-refractivity contribution in [1.82, 2.24) is 4.90 Å². The van der Waals surface area contributed by atoms with Crippen LogP contribution in [0.4, 0.5) is 5.69 Å². The molecule has 4 nitrogen and oxygen atoms in total. The maximum absolute atomic E-state index is 12.6. The van der Waals surface area contributed by atoms with Gasteiger partial charge in [-0.1, -0.05) is 23.7 Å². The molecule has 0 bridgehead atoms. The fourth-order valence-electron chi connectivity index (χ4n) is 2.60. The largest absolute Gasteiger partial charge is 0.508 e. The second-order valence-corrected chi connectivity index (χ2v) is 5.52. The van der Waals surface area contributed by atoms with Crippen LogP contribution < -0.4 is 5.73 Å². The molecular weight excluding hydrogens is 288 g/mol. The Labute approximate surface area is 127 Å². The highest BCUT2D eigenvalue weighted by Crippen LogP contribution is 2.28. The Hall–Kier alpha value is -2.20. The highest BCUT2D eigenvalue weighted by Gasteiger charge is 2.24. The first-order chi connectivity index (χ1) is 10.1. The number of carbonyl (C=O) groups excluding carboxylic acids is 1. The fourth-order valence-corrected chi connectivity index (χ4v) is 2.81. The van der Waals surface area contributed by atoms with E-state index in [2.05, 4.69) is 0 Å². The van der Waals surface area contributed by atoms with E-state index in [0.717, 1.165) is 17.5 Å². The number of halogens is 1. The lowest BCUT2D eigenvalue weighted by atomic mass is 9.99. The van der Waals surface area contributed by atoms with Crippen molar-refractivity contribution in [3.8, 4) is 5.75 Å². The lowest BCUT2D eigenvalue weighted by Gasteiger charge is -2.29. The van der Waals surface area contributed by atoms with Gasteiger partial charge in [0.05, 0.1) is 16.3 Å². The molecule has 0 atom stereocenters. The smallest absolute Gasteiger partial charge is 0.255 e. The molecule has 3 N–H and O–H groups in total. The van der Waals surface area contributed by atoms with Crippen LogP contribution in [-0.2, 0) is 13.0 Å². The number of aromatic hydroxyl groups is 1. The lowest BCUT2D eigenvalue weighted by molar-refractivity contribution is 0.0734. The number of benzene rings is 2. The highest BCUT2D eigenvalue weighted by molar-refractivity contribution is 6.36. The van der Waals surface area contributed by atoms with E-state index in [4.69, 9.17) is 17.3 Å². The van der Waals surface area contributed by atoms with Crippen LogP contribution in [0.25, 0.3) is 0 Å². The summed E-state index contributed by atoms with van der Waals surface area (Å²) in [5, 5.41) is 9.87. The third kappa shape index (κ3) is 2.54. The standard InChI is InChI=1S/C16H15ClN2O2/c17-15-13(2-1-3-14(15)18)16(21)19-7-6-10-4-5-12(20)8-11(10)9-19/h1-5,8,20H,6-7,9,18H2. The quantitative estimate of drug-likeness (QED) is 0.796. The van der Waals surface area contributed by atoms with E-state index in [1.165, 1.54) is 0 Å². The first-order valence-corrected chi connectivity index (χ1v) is 7.08. The molecule has 1 heterocycles. The Bertz CT molecular complexity index is 715. The molecule has 0 saturated carbocycles. The molecule has 5 heteroatoms. The van der Waals surface area contributed by atoms with E-state index in [1.807, 2.05) is 6.07 Å². The van der Waals surface area contributed by atoms with E-state index in [9.17, 15) is 9.90 Å². The van der Waals surface area contributed by atoms with Crippen molar-refractivity contribution in [3.63, 3.8) is 0 Å². The van der Waals surface area contributed by atoms with Crippen molar-refractivity contribution in [1.29, 1.82) is 0 Å². The number of nitrogens with zero attached hydrogens (tertiary/aromatic N) is 1. The summed E-state index contributed by atoms with van der Waals surface area (Å²) in [7, 11) is 0. The predicted molar refractivity (Wildman–Crippen MR) is 82.4 cm³/mol. The maximum atomic E-state index is 12.6. The van der Waals surface area contributed by atoms with Crippen molar-refractivity contribution in [2.45, 2.75) is 13.0 Å². The molecule has 3 rings (SSSR count). The number of phenols is 1. The SMILES string of the molecule is Nc1cccc(C(=O)N2CCc3ccc(O)cc3C2)c1Cl. The van der Waals surface area contributed by atoms with Gasteiger partial charge in [0.2, 0.25) is 0 Å². The second kappa shape index (κ2) is 5.30. The van der Waals surface area contributed by atoms with Gasteiger partial charge < -0.3 is 15.7 Å². The van der Waals surface area contributed by atoms with Crippen LogP contribution in [0.1, 0.15) is 21.5 Å². The zero-order valence-corrected chi connectivity index (χ0v) is 12.1. The molecule has 0 aromatic heterocycles. The number of amides is 1. The van der Waals surface area contributed by atoms with Crippen molar-refractivity contribution >= 4 is 23.2 Å². The average molecular weight is 303 g/mol. The minimum Gasteiger partial charge on any atom is -0.508 e. The minimum atomic E-state index is -0.138. The monoisotopic (exact) mass is 302 g/mol. The molecule has 0 radical (unpaired) electrons. The molecule has 0 saturated heterocycles. The first kappa shape index (κ1) is 13.8. The number of nitrogens with two attached hydrogens (primary N) is 1. The summed E-state index contributed by atoms with van der Waals surface area (Å²) in [5.41, 5.74) is 8.70. The molecule has 2 aromatic carbocycles. The number of anilines is 1. The molecule has 21 heavy (non-hydrogen) atoms. The molecule has 0 aliphatic carbocycles. The van der Waals surface area contributed by atoms with Gasteiger partial charge in [-0.25, -0.2) is 0 Å². The van der Waals surface area contributed by atoms with Gasteiger partial charge in [-0.15, -0.1) is 0 Å². The number of phenolic OH excluding ortho intramolecular Hbond substituents is 1. The Morgan fingerprint density at radius 2 is 2.05 bits per heavy atom. The number of fused-ring (bicyclic) bond motifs is 1. The molecule has 2 aromatic rings. The zero-order valence-electron chi connectivity index (χ0n) is 11.3. The number of hydrogen-bond donors (Lipinski definition) is 2. The fraction of sp³-hybridized carbons (Fsp3) is 0.188. The van der Waals surface area contributed by atoms with Gasteiger partial charge in [0.25, 0.3) is 5.91 Å². The van der Waals surface area contributed by atoms with E-state index in [0.29, 0.717) is 29.4 Å². The molecule has 1 aliphatic rings. The lowest BCUT2D eigenvalue weighted by Crippen LogP contribution is -2.36. The number of hydrogen-bond acceptors (Lipinski definition) is 3. The van der Waals surface area contributed by atoms with Crippen LogP contribution in [0.5, 0.6) is 5.75 Å². The summed E-state index contributed by atoms with van der Waals surface area (Å²) in [6, 6.07) is 10.3. The van der Waals surface area contributed by atoms with Gasteiger partial charge in [-0.3, -0.25) is 4.79 Å². The van der Waals surface area contributed by atoms with Gasteiger partial charge in [0, 0.05) is 13.1 Å². The van der Waals surface area contributed by atoms with Gasteiger partial charge in [-0.05, 0) is 41.8 Å². The summed E-state index contributed by atoms with van der Waals surface area (Å²) < 4.78 is 0. The molecule has 0 spiro atoms. The Balaban J connectivity index is 1.89. The van der Waals surface area contributed by atoms with Crippen LogP contribution in [-0.4, -0.2) is 22.5 Å². The van der Waals surface area contributed by atoms with Crippen molar-refractivity contribution in [2.24, 2.45) is 0 Å². The number of nitrogen functional groups attached to an aromatic ring is 1. The van der Waals surface area contributed by atoms with Crippen LogP contribution in [0, 0.1) is 0 Å². The third-order valence-corrected chi connectivity index (χ3v) is 4.17. The van der Waals surface area contributed by atoms with Crippen molar-refractivity contribution in [3.05, 3.63) is 58.1 Å². The van der Waals surface area contributed by atoms with Gasteiger partial charge in [0.15, 0.2) is 0 Å². The van der Waals surface area contributed by atoms with E-state index in [-0.39, 0.29) is 11.7 Å². The Morgan fingerprint density at radius 1 is 1.24 bits per heavy atom. The highest BCUT2D eigenvalue weighted by atomic mass is 35.5. The van der Waals surface area contributed by atoms with Crippen LogP contribution in [0.2, 0.25) is 5.02 Å². The van der Waals surface area contributed by atoms with E-state index < -0.39 is 0 Å². The Kier molecular flexibility index (Phi) is 3.47. The zero-order chi connectivity index (χ0) is 15.0. The molecule has 108 valence electrons. The molecule has 1 amide bonds. The van der Waals surface area contributed by atoms with Crippen molar-refractivity contribution < 1.29 is 9.90 Å². The van der Waals surface area contributed by atoms with Crippen LogP contribution >= 0.6 is 11.6 Å². The van der Waals surface area contributed by atoms with Gasteiger partial charge >= 0.3 is 0 Å². The molecular formula is C16H15ClN2O2. The van der Waals surface area contributed by atoms with Crippen molar-refractivity contribution in [2.75, 3.05) is 12.3 Å². The molecule has 1 aliphatic heterocycles. The van der Waals surface area contributed by atoms with E-state index in [1.54, 1.807) is 35.2 Å². The van der Waals surface area contributed by atoms with Gasteiger partial charge in [0.1, 0.15) is 5.75 Å². The summed E-state index contributed by atoms with van der Waals surface area (Å²) in [4.78, 5) is 14.3. The van der Waals surface area contributed by atoms with E-state index >= 15 is 0 Å². The maximum Gasteiger partial charge on any atom is 0.255 e. The summed E-state index contributed by atoms with van der Waals surface area (Å²) in [5.74, 6) is 0.0753. The van der Waals surface area contributed by atoms with Crippen LogP contribution in [0.15, 0.2) is 36.4 Å². The summed E-state index contributed by atoms with van der Waals surface area (Å²) in [6.07, 6.45) is 0.765. The van der Waals surface area contributed by atoms with Crippen LogP contribution in [0.3, 0.4) is 0 Å². The van der Waals surface area contributed by atoms with Gasteiger partial charge in [-0.2, -0.15) is 0 Å². The number of rotatable bonds is 1. The third-order valence-electron chi connectivity index (χ3n) is 3.75. The minimum absolute atomic E-state index is 0.138. The normalized spacial score (nSPS) is 13.9. The summed E-state index contributed by atoms with van der Waals surface area (Å²) in [6.45, 7) is 1.09. The topological polar surface area (TPSA) is 66.6 Å². The molecule has 0 fully saturated rings. The predicted octanol–water partition coefficient (Wildman–Crippen LogP) is 2.83.